The average molecular weight is 332 g/mol. The van der Waals surface area contributed by atoms with Crippen LogP contribution in [0.15, 0.2) is 42.5 Å². The number of nitrogens with zero attached hydrogens (tertiary/aromatic N) is 1. The van der Waals surface area contributed by atoms with Gasteiger partial charge in [0.25, 0.3) is 0 Å². The molecule has 0 aliphatic carbocycles. The third kappa shape index (κ3) is 2.39. The zero-order valence-electron chi connectivity index (χ0n) is 13.7. The van der Waals surface area contributed by atoms with Crippen LogP contribution in [0.2, 0.25) is 0 Å². The highest BCUT2D eigenvalue weighted by Crippen LogP contribution is 2.48. The Morgan fingerprint density at radius 3 is 2.61 bits per heavy atom. The predicted octanol–water partition coefficient (Wildman–Crippen LogP) is 4.11. The fourth-order valence-electron chi connectivity index (χ4n) is 3.79. The first-order valence-electron chi connectivity index (χ1n) is 7.87. The number of methoxy groups -OCH3 is 1. The van der Waals surface area contributed by atoms with Crippen molar-refractivity contribution in [2.45, 2.75) is 30.8 Å². The van der Waals surface area contributed by atoms with Crippen molar-refractivity contribution in [3.05, 3.63) is 59.2 Å². The van der Waals surface area contributed by atoms with E-state index in [9.17, 15) is 5.11 Å². The molecule has 23 heavy (non-hydrogen) atoms. The highest BCUT2D eigenvalue weighted by atomic mass is 35.5. The summed E-state index contributed by atoms with van der Waals surface area (Å²) in [6.45, 7) is 2.16. The minimum Gasteiger partial charge on any atom is -0.504 e. The van der Waals surface area contributed by atoms with Crippen LogP contribution in [0.1, 0.15) is 30.0 Å². The van der Waals surface area contributed by atoms with E-state index in [0.717, 1.165) is 24.0 Å². The molecule has 0 spiro atoms. The van der Waals surface area contributed by atoms with E-state index in [1.54, 1.807) is 7.11 Å². The highest BCUT2D eigenvalue weighted by Gasteiger charge is 2.45. The number of alkyl halides is 1. The second-order valence-electron chi connectivity index (χ2n) is 6.01. The summed E-state index contributed by atoms with van der Waals surface area (Å²) in [5, 5.41) is 10.3. The number of benzene rings is 2. The fourth-order valence-corrected chi connectivity index (χ4v) is 4.13. The van der Waals surface area contributed by atoms with Gasteiger partial charge in [0.1, 0.15) is 0 Å². The molecule has 1 N–H and O–H groups in total. The molecule has 0 saturated heterocycles. The molecular weight excluding hydrogens is 310 g/mol. The van der Waals surface area contributed by atoms with Gasteiger partial charge in [0.2, 0.25) is 0 Å². The SMILES string of the molecule is CCC1(c2ccccc2)c2cc(O)c(OC)cc2CC(Cl)N1C. The first kappa shape index (κ1) is 16.2. The number of halogens is 1. The van der Waals surface area contributed by atoms with Crippen molar-refractivity contribution in [2.24, 2.45) is 0 Å². The Morgan fingerprint density at radius 2 is 2.00 bits per heavy atom. The molecular formula is C19H22ClNO2. The number of phenols is 1. The van der Waals surface area contributed by atoms with Gasteiger partial charge in [-0.2, -0.15) is 0 Å². The number of hydrogen-bond acceptors (Lipinski definition) is 3. The van der Waals surface area contributed by atoms with Crippen molar-refractivity contribution in [1.82, 2.24) is 4.90 Å². The van der Waals surface area contributed by atoms with Crippen LogP contribution in [0.5, 0.6) is 11.5 Å². The lowest BCUT2D eigenvalue weighted by molar-refractivity contribution is 0.120. The van der Waals surface area contributed by atoms with Crippen molar-refractivity contribution in [3.63, 3.8) is 0 Å². The number of fused-ring (bicyclic) bond motifs is 1. The van der Waals surface area contributed by atoms with Crippen LogP contribution in [0.25, 0.3) is 0 Å². The third-order valence-electron chi connectivity index (χ3n) is 5.02. The van der Waals surface area contributed by atoms with Gasteiger partial charge in [-0.05, 0) is 42.3 Å². The van der Waals surface area contributed by atoms with E-state index < -0.39 is 0 Å². The van der Waals surface area contributed by atoms with Crippen molar-refractivity contribution in [3.8, 4) is 11.5 Å². The maximum atomic E-state index is 10.3. The number of aromatic hydroxyl groups is 1. The van der Waals surface area contributed by atoms with E-state index in [4.69, 9.17) is 16.3 Å². The molecule has 3 rings (SSSR count). The van der Waals surface area contributed by atoms with Gasteiger partial charge >= 0.3 is 0 Å². The molecule has 0 amide bonds. The van der Waals surface area contributed by atoms with Gasteiger partial charge in [-0.25, -0.2) is 0 Å². The van der Waals surface area contributed by atoms with E-state index in [1.165, 1.54) is 5.56 Å². The molecule has 1 heterocycles. The van der Waals surface area contributed by atoms with E-state index in [1.807, 2.05) is 30.3 Å². The summed E-state index contributed by atoms with van der Waals surface area (Å²) in [4.78, 5) is 2.21. The highest BCUT2D eigenvalue weighted by molar-refractivity contribution is 6.20. The zero-order chi connectivity index (χ0) is 16.6. The molecule has 2 atom stereocenters. The molecule has 0 fully saturated rings. The monoisotopic (exact) mass is 331 g/mol. The maximum Gasteiger partial charge on any atom is 0.160 e. The van der Waals surface area contributed by atoms with Crippen LogP contribution in [0.3, 0.4) is 0 Å². The van der Waals surface area contributed by atoms with Crippen molar-refractivity contribution < 1.29 is 9.84 Å². The molecule has 1 aliphatic heterocycles. The fraction of sp³-hybridized carbons (Fsp3) is 0.368. The van der Waals surface area contributed by atoms with Crippen molar-refractivity contribution in [1.29, 1.82) is 0 Å². The number of likely N-dealkylation sites (N-methyl/N-ethyl adjacent to an activating group) is 1. The first-order valence-corrected chi connectivity index (χ1v) is 8.31. The number of hydrogen-bond donors (Lipinski definition) is 1. The number of phenolic OH excluding ortho intramolecular Hbond substituents is 1. The summed E-state index contributed by atoms with van der Waals surface area (Å²) in [7, 11) is 3.62. The van der Waals surface area contributed by atoms with Crippen LogP contribution in [-0.4, -0.2) is 29.7 Å². The van der Waals surface area contributed by atoms with Crippen LogP contribution >= 0.6 is 11.6 Å². The summed E-state index contributed by atoms with van der Waals surface area (Å²) >= 11 is 6.67. The number of rotatable bonds is 3. The smallest absolute Gasteiger partial charge is 0.160 e. The molecule has 2 aromatic carbocycles. The van der Waals surface area contributed by atoms with Gasteiger partial charge < -0.3 is 9.84 Å². The average Bonchev–Trinajstić information content (AvgIpc) is 2.58. The summed E-state index contributed by atoms with van der Waals surface area (Å²) < 4.78 is 5.27. The zero-order valence-corrected chi connectivity index (χ0v) is 14.5. The van der Waals surface area contributed by atoms with Crippen LogP contribution in [-0.2, 0) is 12.0 Å². The Balaban J connectivity index is 2.30. The third-order valence-corrected chi connectivity index (χ3v) is 5.47. The Hall–Kier alpha value is -1.71. The second-order valence-corrected chi connectivity index (χ2v) is 6.51. The molecule has 122 valence electrons. The van der Waals surface area contributed by atoms with Crippen LogP contribution in [0, 0.1) is 0 Å². The quantitative estimate of drug-likeness (QED) is 0.678. The van der Waals surface area contributed by atoms with Gasteiger partial charge in [-0.15, -0.1) is 11.6 Å². The van der Waals surface area contributed by atoms with Crippen molar-refractivity contribution >= 4 is 11.6 Å². The van der Waals surface area contributed by atoms with Gasteiger partial charge in [0.15, 0.2) is 11.5 Å². The topological polar surface area (TPSA) is 32.7 Å². The molecule has 2 aromatic rings. The molecule has 2 unspecified atom stereocenters. The lowest BCUT2D eigenvalue weighted by atomic mass is 9.74. The van der Waals surface area contributed by atoms with Gasteiger partial charge in [-0.1, -0.05) is 37.3 Å². The van der Waals surface area contributed by atoms with Crippen LogP contribution in [0.4, 0.5) is 0 Å². The standard InChI is InChI=1S/C19H22ClNO2/c1-4-19(14-8-6-5-7-9-14)15-12-16(22)17(23-3)10-13(15)11-18(20)21(19)2/h5-10,12,18,22H,4,11H2,1-3H3. The Labute approximate surface area is 142 Å². The molecule has 1 aliphatic rings. The minimum atomic E-state index is -0.356. The lowest BCUT2D eigenvalue weighted by Gasteiger charge is -2.49. The summed E-state index contributed by atoms with van der Waals surface area (Å²) in [5.41, 5.74) is 2.94. The number of ether oxygens (including phenoxy) is 1. The maximum absolute atomic E-state index is 10.3. The largest absolute Gasteiger partial charge is 0.504 e. The molecule has 3 nitrogen and oxygen atoms in total. The summed E-state index contributed by atoms with van der Waals surface area (Å²) in [5.74, 6) is 0.664. The molecule has 0 bridgehead atoms. The molecule has 4 heteroatoms. The van der Waals surface area contributed by atoms with E-state index >= 15 is 0 Å². The van der Waals surface area contributed by atoms with Crippen LogP contribution < -0.4 is 4.74 Å². The molecule has 0 aromatic heterocycles. The summed E-state index contributed by atoms with van der Waals surface area (Å²) in [6.07, 6.45) is 1.58. The van der Waals surface area contributed by atoms with Gasteiger partial charge in [0, 0.05) is 6.42 Å². The predicted molar refractivity (Wildman–Crippen MR) is 93.3 cm³/mol. The Morgan fingerprint density at radius 1 is 1.30 bits per heavy atom. The normalized spacial score (nSPS) is 24.3. The molecule has 0 radical (unpaired) electrons. The van der Waals surface area contributed by atoms with Crippen molar-refractivity contribution in [2.75, 3.05) is 14.2 Å². The second kappa shape index (κ2) is 6.06. The van der Waals surface area contributed by atoms with Gasteiger partial charge in [0.05, 0.1) is 18.1 Å². The van der Waals surface area contributed by atoms with E-state index in [2.05, 4.69) is 31.0 Å². The van der Waals surface area contributed by atoms with Gasteiger partial charge in [-0.3, -0.25) is 4.90 Å². The Kier molecular flexibility index (Phi) is 4.26. The Bertz CT molecular complexity index is 704. The minimum absolute atomic E-state index is 0.114. The van der Waals surface area contributed by atoms with E-state index in [0.29, 0.717) is 5.75 Å². The van der Waals surface area contributed by atoms with E-state index in [-0.39, 0.29) is 16.8 Å². The summed E-state index contributed by atoms with van der Waals surface area (Å²) in [6, 6.07) is 14.1. The lowest BCUT2D eigenvalue weighted by Crippen LogP contribution is -2.52. The first-order chi connectivity index (χ1) is 11.0. The molecule has 0 saturated carbocycles.